The number of primary amides is 1. The van der Waals surface area contributed by atoms with Crippen LogP contribution in [0.2, 0.25) is 0 Å². The molecule has 0 bridgehead atoms. The summed E-state index contributed by atoms with van der Waals surface area (Å²) in [4.78, 5) is 15.5. The molecule has 0 saturated heterocycles. The third-order valence-corrected chi connectivity index (χ3v) is 2.50. The highest BCUT2D eigenvalue weighted by molar-refractivity contribution is 5.86. The molecule has 106 valence electrons. The zero-order valence-corrected chi connectivity index (χ0v) is 11.9. The largest absolute Gasteiger partial charge is 0.476 e. The number of anilines is 2. The van der Waals surface area contributed by atoms with Gasteiger partial charge in [0.05, 0.1) is 12.3 Å². The van der Waals surface area contributed by atoms with Gasteiger partial charge in [-0.25, -0.2) is 0 Å². The van der Waals surface area contributed by atoms with Crippen molar-refractivity contribution in [3.8, 4) is 5.88 Å². The lowest BCUT2D eigenvalue weighted by atomic mass is 10.1. The molecule has 0 saturated carbocycles. The third-order valence-electron chi connectivity index (χ3n) is 2.50. The highest BCUT2D eigenvalue weighted by atomic mass is 16.5. The van der Waals surface area contributed by atoms with E-state index in [2.05, 4.69) is 10.3 Å². The minimum atomic E-state index is -0.890. The molecule has 0 unspecified atom stereocenters. The van der Waals surface area contributed by atoms with Gasteiger partial charge < -0.3 is 21.5 Å². The van der Waals surface area contributed by atoms with Crippen molar-refractivity contribution >= 4 is 17.4 Å². The Labute approximate surface area is 113 Å². The summed E-state index contributed by atoms with van der Waals surface area (Å²) in [5.41, 5.74) is 10.7. The van der Waals surface area contributed by atoms with E-state index in [4.69, 9.17) is 16.2 Å². The Kier molecular flexibility index (Phi) is 4.58. The number of nitrogen functional groups attached to an aromatic ring is 1. The van der Waals surface area contributed by atoms with E-state index in [1.165, 1.54) is 0 Å². The maximum Gasteiger partial charge on any atom is 0.242 e. The number of nitrogens with two attached hydrogens (primary N) is 2. The zero-order chi connectivity index (χ0) is 14.6. The quantitative estimate of drug-likeness (QED) is 0.721. The summed E-state index contributed by atoms with van der Waals surface area (Å²) in [5, 5.41) is 2.95. The Balaban J connectivity index is 2.87. The zero-order valence-electron chi connectivity index (χ0n) is 11.9. The van der Waals surface area contributed by atoms with Gasteiger partial charge in [-0.3, -0.25) is 4.79 Å². The van der Waals surface area contributed by atoms with Crippen LogP contribution < -0.4 is 21.5 Å². The molecule has 1 heterocycles. The van der Waals surface area contributed by atoms with Crippen molar-refractivity contribution in [3.63, 3.8) is 0 Å². The first-order chi connectivity index (χ1) is 8.72. The molecule has 0 aliphatic rings. The van der Waals surface area contributed by atoms with Gasteiger partial charge in [-0.15, -0.1) is 0 Å². The number of rotatable bonds is 6. The number of hydrogen-bond acceptors (Lipinski definition) is 5. The molecule has 0 spiro atoms. The predicted octanol–water partition coefficient (Wildman–Crippen LogP) is 1.37. The maximum absolute atomic E-state index is 11.3. The number of ether oxygens (including phenoxy) is 1. The molecule has 1 rings (SSSR count). The second kappa shape index (κ2) is 5.77. The number of carbonyl (C=O) groups excluding carboxylic acids is 1. The summed E-state index contributed by atoms with van der Waals surface area (Å²) in [7, 11) is 0. The van der Waals surface area contributed by atoms with Crippen molar-refractivity contribution in [2.45, 2.75) is 33.2 Å². The van der Waals surface area contributed by atoms with Crippen LogP contribution in [0, 0.1) is 5.92 Å². The van der Waals surface area contributed by atoms with Crippen LogP contribution in [0.3, 0.4) is 0 Å². The van der Waals surface area contributed by atoms with E-state index in [9.17, 15) is 4.79 Å². The van der Waals surface area contributed by atoms with Crippen molar-refractivity contribution in [2.75, 3.05) is 17.7 Å². The van der Waals surface area contributed by atoms with Crippen LogP contribution in [0.4, 0.5) is 11.5 Å². The SMILES string of the molecule is CC(C)COc1nc(NC(C)(C)C(N)=O)ccc1N. The van der Waals surface area contributed by atoms with Crippen LogP contribution in [0.5, 0.6) is 5.88 Å². The van der Waals surface area contributed by atoms with E-state index in [0.717, 1.165) is 0 Å². The maximum atomic E-state index is 11.3. The Morgan fingerprint density at radius 3 is 2.63 bits per heavy atom. The molecule has 6 nitrogen and oxygen atoms in total. The number of nitrogens with zero attached hydrogens (tertiary/aromatic N) is 1. The van der Waals surface area contributed by atoms with Gasteiger partial charge in [-0.1, -0.05) is 13.8 Å². The van der Waals surface area contributed by atoms with E-state index in [0.29, 0.717) is 29.9 Å². The molecule has 6 heteroatoms. The summed E-state index contributed by atoms with van der Waals surface area (Å²) in [6.45, 7) is 7.97. The van der Waals surface area contributed by atoms with Crippen molar-refractivity contribution in [2.24, 2.45) is 11.7 Å². The van der Waals surface area contributed by atoms with Gasteiger partial charge in [-0.2, -0.15) is 4.98 Å². The van der Waals surface area contributed by atoms with Gasteiger partial charge in [0.2, 0.25) is 11.8 Å². The number of amides is 1. The van der Waals surface area contributed by atoms with Crippen LogP contribution >= 0.6 is 0 Å². The summed E-state index contributed by atoms with van der Waals surface area (Å²) in [6, 6.07) is 3.37. The van der Waals surface area contributed by atoms with Gasteiger partial charge in [0.15, 0.2) is 0 Å². The first kappa shape index (κ1) is 15.1. The number of pyridine rings is 1. The van der Waals surface area contributed by atoms with Crippen molar-refractivity contribution in [3.05, 3.63) is 12.1 Å². The molecule has 0 aliphatic carbocycles. The molecule has 0 aromatic carbocycles. The van der Waals surface area contributed by atoms with Gasteiger partial charge in [0.1, 0.15) is 11.4 Å². The Morgan fingerprint density at radius 2 is 2.11 bits per heavy atom. The van der Waals surface area contributed by atoms with Crippen molar-refractivity contribution < 1.29 is 9.53 Å². The second-order valence-electron chi connectivity index (χ2n) is 5.41. The average Bonchev–Trinajstić information content (AvgIpc) is 2.29. The molecule has 19 heavy (non-hydrogen) atoms. The van der Waals surface area contributed by atoms with Crippen molar-refractivity contribution in [1.82, 2.24) is 4.98 Å². The van der Waals surface area contributed by atoms with Crippen LogP contribution in [0.15, 0.2) is 12.1 Å². The molecule has 1 aromatic heterocycles. The van der Waals surface area contributed by atoms with Gasteiger partial charge in [-0.05, 0) is 31.9 Å². The smallest absolute Gasteiger partial charge is 0.242 e. The fourth-order valence-corrected chi connectivity index (χ4v) is 1.26. The lowest BCUT2D eigenvalue weighted by Gasteiger charge is -2.23. The van der Waals surface area contributed by atoms with Gasteiger partial charge >= 0.3 is 0 Å². The molecular weight excluding hydrogens is 244 g/mol. The molecular formula is C13H22N4O2. The van der Waals surface area contributed by atoms with Crippen LogP contribution in [0.25, 0.3) is 0 Å². The summed E-state index contributed by atoms with van der Waals surface area (Å²) in [5.74, 6) is 0.770. The van der Waals surface area contributed by atoms with Gasteiger partial charge in [0, 0.05) is 0 Å². The number of aromatic nitrogens is 1. The predicted molar refractivity (Wildman–Crippen MR) is 75.9 cm³/mol. The molecule has 0 radical (unpaired) electrons. The molecule has 0 atom stereocenters. The summed E-state index contributed by atoms with van der Waals surface area (Å²) >= 11 is 0. The number of nitrogens with one attached hydrogen (secondary N) is 1. The fourth-order valence-electron chi connectivity index (χ4n) is 1.26. The minimum absolute atomic E-state index is 0.360. The van der Waals surface area contributed by atoms with E-state index >= 15 is 0 Å². The van der Waals surface area contributed by atoms with Crippen LogP contribution in [-0.4, -0.2) is 23.0 Å². The lowest BCUT2D eigenvalue weighted by molar-refractivity contribution is -0.121. The molecule has 5 N–H and O–H groups in total. The highest BCUT2D eigenvalue weighted by Crippen LogP contribution is 2.23. The third kappa shape index (κ3) is 4.31. The summed E-state index contributed by atoms with van der Waals surface area (Å²) in [6.07, 6.45) is 0. The molecule has 1 amide bonds. The first-order valence-electron chi connectivity index (χ1n) is 6.20. The Morgan fingerprint density at radius 1 is 1.47 bits per heavy atom. The highest BCUT2D eigenvalue weighted by Gasteiger charge is 2.25. The van der Waals surface area contributed by atoms with Crippen LogP contribution in [0.1, 0.15) is 27.7 Å². The first-order valence-corrected chi connectivity index (χ1v) is 6.20. The van der Waals surface area contributed by atoms with Crippen molar-refractivity contribution in [1.29, 1.82) is 0 Å². The number of carbonyl (C=O) groups is 1. The molecule has 0 aliphatic heterocycles. The van der Waals surface area contributed by atoms with E-state index < -0.39 is 11.4 Å². The average molecular weight is 266 g/mol. The minimum Gasteiger partial charge on any atom is -0.476 e. The standard InChI is InChI=1S/C13H22N4O2/c1-8(2)7-19-11-9(14)5-6-10(16-11)17-13(3,4)12(15)18/h5-6,8H,7,14H2,1-4H3,(H2,15,18)(H,16,17). The monoisotopic (exact) mass is 266 g/mol. The van der Waals surface area contributed by atoms with E-state index in [-0.39, 0.29) is 0 Å². The van der Waals surface area contributed by atoms with Crippen LogP contribution in [-0.2, 0) is 4.79 Å². The molecule has 1 aromatic rings. The Bertz CT molecular complexity index is 458. The number of hydrogen-bond donors (Lipinski definition) is 3. The summed E-state index contributed by atoms with van der Waals surface area (Å²) < 4.78 is 5.52. The second-order valence-corrected chi connectivity index (χ2v) is 5.41. The van der Waals surface area contributed by atoms with Gasteiger partial charge in [0.25, 0.3) is 0 Å². The van der Waals surface area contributed by atoms with E-state index in [1.54, 1.807) is 26.0 Å². The lowest BCUT2D eigenvalue weighted by Crippen LogP contribution is -2.45. The normalized spacial score (nSPS) is 11.4. The Hall–Kier alpha value is -1.98. The fraction of sp³-hybridized carbons (Fsp3) is 0.538. The topological polar surface area (TPSA) is 103 Å². The van der Waals surface area contributed by atoms with E-state index in [1.807, 2.05) is 13.8 Å². The molecule has 0 fully saturated rings.